The Balaban J connectivity index is 1.46. The molecule has 0 radical (unpaired) electrons. The van der Waals surface area contributed by atoms with Gasteiger partial charge in [-0.05, 0) is 23.6 Å². The molecule has 5 heteroatoms. The highest BCUT2D eigenvalue weighted by Crippen LogP contribution is 2.23. The standard InChI is InChI=1S/C19H15N3OS/c23-19(20-12-18-21-16-9-3-4-11-17(16)24-18)22-15-10-5-7-13-6-1-2-8-14(13)15/h1-11H,12H2,(H2,20,22,23). The molecule has 0 unspecified atom stereocenters. The first-order chi connectivity index (χ1) is 11.8. The number of hydrogen-bond donors (Lipinski definition) is 2. The molecule has 1 aromatic heterocycles. The maximum atomic E-state index is 12.2. The molecule has 0 atom stereocenters. The monoisotopic (exact) mass is 333 g/mol. The van der Waals surface area contributed by atoms with E-state index < -0.39 is 0 Å². The first kappa shape index (κ1) is 14.7. The highest BCUT2D eigenvalue weighted by Gasteiger charge is 2.07. The summed E-state index contributed by atoms with van der Waals surface area (Å²) in [6.07, 6.45) is 0. The fraction of sp³-hybridized carbons (Fsp3) is 0.0526. The van der Waals surface area contributed by atoms with E-state index in [1.165, 1.54) is 0 Å². The van der Waals surface area contributed by atoms with Crippen LogP contribution in [0.3, 0.4) is 0 Å². The van der Waals surface area contributed by atoms with Crippen LogP contribution in [0.1, 0.15) is 5.01 Å². The number of rotatable bonds is 3. The molecule has 0 fully saturated rings. The lowest BCUT2D eigenvalue weighted by atomic mass is 10.1. The fourth-order valence-electron chi connectivity index (χ4n) is 2.65. The summed E-state index contributed by atoms with van der Waals surface area (Å²) in [7, 11) is 0. The summed E-state index contributed by atoms with van der Waals surface area (Å²) in [5, 5.41) is 8.80. The van der Waals surface area contributed by atoms with E-state index in [0.717, 1.165) is 31.7 Å². The largest absolute Gasteiger partial charge is 0.331 e. The number of amides is 2. The molecule has 0 aliphatic rings. The highest BCUT2D eigenvalue weighted by atomic mass is 32.1. The molecule has 0 bridgehead atoms. The van der Waals surface area contributed by atoms with Crippen LogP contribution in [0.2, 0.25) is 0 Å². The Bertz CT molecular complexity index is 987. The van der Waals surface area contributed by atoms with Crippen molar-refractivity contribution in [3.05, 3.63) is 71.7 Å². The van der Waals surface area contributed by atoms with Gasteiger partial charge in [0, 0.05) is 5.39 Å². The Morgan fingerprint density at radius 2 is 1.75 bits per heavy atom. The van der Waals surface area contributed by atoms with Gasteiger partial charge in [0.1, 0.15) is 5.01 Å². The number of nitrogens with one attached hydrogen (secondary N) is 2. The summed E-state index contributed by atoms with van der Waals surface area (Å²) in [5.41, 5.74) is 1.77. The first-order valence-electron chi connectivity index (χ1n) is 7.67. The van der Waals surface area contributed by atoms with Crippen LogP contribution in [0.25, 0.3) is 21.0 Å². The Morgan fingerprint density at radius 3 is 2.67 bits per heavy atom. The van der Waals surface area contributed by atoms with Crippen molar-refractivity contribution in [3.8, 4) is 0 Å². The molecule has 0 aliphatic carbocycles. The summed E-state index contributed by atoms with van der Waals surface area (Å²) in [4.78, 5) is 16.7. The number of carbonyl (C=O) groups excluding carboxylic acids is 1. The average molecular weight is 333 g/mol. The zero-order valence-electron chi connectivity index (χ0n) is 12.8. The van der Waals surface area contributed by atoms with Gasteiger partial charge < -0.3 is 10.6 Å². The fourth-order valence-corrected chi connectivity index (χ4v) is 3.56. The third kappa shape index (κ3) is 2.94. The van der Waals surface area contributed by atoms with Crippen LogP contribution in [0.15, 0.2) is 66.7 Å². The van der Waals surface area contributed by atoms with E-state index in [4.69, 9.17) is 0 Å². The molecule has 2 N–H and O–H groups in total. The predicted molar refractivity (Wildman–Crippen MR) is 99.4 cm³/mol. The number of urea groups is 1. The van der Waals surface area contributed by atoms with Gasteiger partial charge in [0.05, 0.1) is 22.4 Å². The van der Waals surface area contributed by atoms with Crippen molar-refractivity contribution in [1.29, 1.82) is 0 Å². The third-order valence-electron chi connectivity index (χ3n) is 3.78. The number of hydrogen-bond acceptors (Lipinski definition) is 3. The normalized spacial score (nSPS) is 10.8. The molecular weight excluding hydrogens is 318 g/mol. The Labute approximate surface area is 143 Å². The van der Waals surface area contributed by atoms with Gasteiger partial charge in [-0.15, -0.1) is 11.3 Å². The number of benzene rings is 3. The van der Waals surface area contributed by atoms with Crippen molar-refractivity contribution in [2.45, 2.75) is 6.54 Å². The highest BCUT2D eigenvalue weighted by molar-refractivity contribution is 7.18. The van der Waals surface area contributed by atoms with Crippen LogP contribution in [0.4, 0.5) is 10.5 Å². The number of nitrogens with zero attached hydrogens (tertiary/aromatic N) is 1. The van der Waals surface area contributed by atoms with Crippen molar-refractivity contribution in [3.63, 3.8) is 0 Å². The zero-order valence-corrected chi connectivity index (χ0v) is 13.6. The molecule has 3 aromatic carbocycles. The van der Waals surface area contributed by atoms with E-state index in [1.54, 1.807) is 11.3 Å². The first-order valence-corrected chi connectivity index (χ1v) is 8.48. The van der Waals surface area contributed by atoms with Gasteiger partial charge in [-0.25, -0.2) is 9.78 Å². The van der Waals surface area contributed by atoms with Crippen molar-refractivity contribution in [1.82, 2.24) is 10.3 Å². The molecule has 2 amide bonds. The average Bonchev–Trinajstić information content (AvgIpc) is 3.03. The number of carbonyl (C=O) groups is 1. The van der Waals surface area contributed by atoms with Gasteiger partial charge in [0.25, 0.3) is 0 Å². The Kier molecular flexibility index (Phi) is 3.84. The maximum absolute atomic E-state index is 12.2. The van der Waals surface area contributed by atoms with E-state index in [1.807, 2.05) is 66.7 Å². The van der Waals surface area contributed by atoms with Crippen LogP contribution in [-0.2, 0) is 6.54 Å². The molecule has 0 aliphatic heterocycles. The lowest BCUT2D eigenvalue weighted by molar-refractivity contribution is 0.252. The number of anilines is 1. The number of thiazole rings is 1. The van der Waals surface area contributed by atoms with E-state index in [0.29, 0.717) is 6.54 Å². The lowest BCUT2D eigenvalue weighted by Gasteiger charge is -2.09. The van der Waals surface area contributed by atoms with Gasteiger partial charge in [0.15, 0.2) is 0 Å². The van der Waals surface area contributed by atoms with Crippen molar-refractivity contribution >= 4 is 44.0 Å². The number of aromatic nitrogens is 1. The van der Waals surface area contributed by atoms with Crippen LogP contribution in [0.5, 0.6) is 0 Å². The second-order valence-electron chi connectivity index (χ2n) is 5.41. The van der Waals surface area contributed by atoms with Gasteiger partial charge >= 0.3 is 6.03 Å². The van der Waals surface area contributed by atoms with Crippen LogP contribution in [-0.4, -0.2) is 11.0 Å². The smallest absolute Gasteiger partial charge is 0.319 e. The van der Waals surface area contributed by atoms with Gasteiger partial charge in [-0.1, -0.05) is 48.5 Å². The van der Waals surface area contributed by atoms with E-state index in [9.17, 15) is 4.79 Å². The maximum Gasteiger partial charge on any atom is 0.319 e. The zero-order chi connectivity index (χ0) is 16.4. The van der Waals surface area contributed by atoms with E-state index in [-0.39, 0.29) is 6.03 Å². The summed E-state index contributed by atoms with van der Waals surface area (Å²) in [5.74, 6) is 0. The van der Waals surface area contributed by atoms with Crippen LogP contribution >= 0.6 is 11.3 Å². The molecule has 4 rings (SSSR count). The molecule has 24 heavy (non-hydrogen) atoms. The van der Waals surface area contributed by atoms with Gasteiger partial charge in [-0.2, -0.15) is 0 Å². The summed E-state index contributed by atoms with van der Waals surface area (Å²) >= 11 is 1.59. The Morgan fingerprint density at radius 1 is 0.958 bits per heavy atom. The molecule has 1 heterocycles. The topological polar surface area (TPSA) is 54.0 Å². The molecule has 4 nitrogen and oxygen atoms in total. The molecule has 0 saturated heterocycles. The molecule has 0 saturated carbocycles. The minimum atomic E-state index is -0.231. The van der Waals surface area contributed by atoms with E-state index >= 15 is 0 Å². The lowest BCUT2D eigenvalue weighted by Crippen LogP contribution is -2.28. The minimum Gasteiger partial charge on any atom is -0.331 e. The minimum absolute atomic E-state index is 0.231. The van der Waals surface area contributed by atoms with Crippen LogP contribution < -0.4 is 10.6 Å². The van der Waals surface area contributed by atoms with Crippen molar-refractivity contribution in [2.75, 3.05) is 5.32 Å². The molecule has 118 valence electrons. The second-order valence-corrected chi connectivity index (χ2v) is 6.52. The third-order valence-corrected chi connectivity index (χ3v) is 4.81. The van der Waals surface area contributed by atoms with Crippen molar-refractivity contribution in [2.24, 2.45) is 0 Å². The second kappa shape index (κ2) is 6.29. The Hall–Kier alpha value is -2.92. The number of fused-ring (bicyclic) bond motifs is 2. The van der Waals surface area contributed by atoms with Gasteiger partial charge in [-0.3, -0.25) is 0 Å². The van der Waals surface area contributed by atoms with E-state index in [2.05, 4.69) is 15.6 Å². The predicted octanol–water partition coefficient (Wildman–Crippen LogP) is 4.77. The quantitative estimate of drug-likeness (QED) is 0.567. The molecule has 0 spiro atoms. The van der Waals surface area contributed by atoms with Gasteiger partial charge in [0.2, 0.25) is 0 Å². The summed E-state index contributed by atoms with van der Waals surface area (Å²) in [6, 6.07) is 21.6. The summed E-state index contributed by atoms with van der Waals surface area (Å²) < 4.78 is 1.13. The van der Waals surface area contributed by atoms with Crippen LogP contribution in [0, 0.1) is 0 Å². The molecular formula is C19H15N3OS. The molecule has 4 aromatic rings. The SMILES string of the molecule is O=C(NCc1nc2ccccc2s1)Nc1cccc2ccccc12. The number of para-hydroxylation sites is 1. The van der Waals surface area contributed by atoms with Crippen molar-refractivity contribution < 1.29 is 4.79 Å². The summed E-state index contributed by atoms with van der Waals surface area (Å²) in [6.45, 7) is 0.413.